The van der Waals surface area contributed by atoms with Gasteiger partial charge in [0.25, 0.3) is 5.91 Å². The van der Waals surface area contributed by atoms with Crippen LogP contribution >= 0.6 is 0 Å². The summed E-state index contributed by atoms with van der Waals surface area (Å²) in [5.41, 5.74) is 1.93. The number of piperidine rings is 1. The van der Waals surface area contributed by atoms with E-state index < -0.39 is 23.7 Å². The molecule has 0 unspecified atom stereocenters. The van der Waals surface area contributed by atoms with Crippen LogP contribution in [0.25, 0.3) is 0 Å². The molecule has 6 nitrogen and oxygen atoms in total. The van der Waals surface area contributed by atoms with Crippen LogP contribution in [0.2, 0.25) is 0 Å². The van der Waals surface area contributed by atoms with Gasteiger partial charge >= 0.3 is 5.63 Å². The van der Waals surface area contributed by atoms with E-state index in [1.807, 2.05) is 30.3 Å². The number of carbonyl (C=O) groups excluding carboxylic acids is 1. The highest BCUT2D eigenvalue weighted by atomic mass is 16.4. The molecule has 142 valence electrons. The number of rotatable bonds is 3. The predicted octanol–water partition coefficient (Wildman–Crippen LogP) is 1.80. The lowest BCUT2D eigenvalue weighted by molar-refractivity contribution is 0.0853. The Balaban J connectivity index is 1.58. The molecule has 1 aromatic carbocycles. The average Bonchev–Trinajstić information content (AvgIpc) is 2.97. The van der Waals surface area contributed by atoms with Crippen LogP contribution in [0.4, 0.5) is 0 Å². The lowest BCUT2D eigenvalue weighted by atomic mass is 9.94. The van der Waals surface area contributed by atoms with Crippen molar-refractivity contribution >= 4 is 5.91 Å². The number of aryl methyl sites for hydroxylation is 1. The molecule has 2 aliphatic rings. The van der Waals surface area contributed by atoms with Crippen LogP contribution in [-0.4, -0.2) is 30.2 Å². The molecule has 0 bridgehead atoms. The molecule has 1 aromatic heterocycles. The number of fused-ring (bicyclic) bond motifs is 1. The maximum atomic E-state index is 12.8. The van der Waals surface area contributed by atoms with Crippen LogP contribution in [0.1, 0.15) is 57.6 Å². The van der Waals surface area contributed by atoms with Gasteiger partial charge in [-0.15, -0.1) is 0 Å². The zero-order chi connectivity index (χ0) is 19.0. The van der Waals surface area contributed by atoms with Crippen molar-refractivity contribution in [2.24, 2.45) is 0 Å². The lowest BCUT2D eigenvalue weighted by Gasteiger charge is -2.22. The van der Waals surface area contributed by atoms with Crippen molar-refractivity contribution in [1.82, 2.24) is 10.6 Å². The Bertz CT molecular complexity index is 915. The van der Waals surface area contributed by atoms with Gasteiger partial charge in [0.05, 0.1) is 12.1 Å². The van der Waals surface area contributed by atoms with Crippen LogP contribution in [0.5, 0.6) is 0 Å². The third-order valence-electron chi connectivity index (χ3n) is 5.63. The third kappa shape index (κ3) is 3.42. The number of nitrogens with one attached hydrogen (secondary N) is 2. The number of hydrogen-bond donors (Lipinski definition) is 3. The van der Waals surface area contributed by atoms with E-state index in [-0.39, 0.29) is 11.5 Å². The average molecular weight is 368 g/mol. The fourth-order valence-electron chi connectivity index (χ4n) is 4.17. The molecule has 27 heavy (non-hydrogen) atoms. The molecule has 1 amide bonds. The second kappa shape index (κ2) is 7.29. The van der Waals surface area contributed by atoms with E-state index in [1.165, 1.54) is 0 Å². The first kappa shape index (κ1) is 17.9. The maximum Gasteiger partial charge on any atom is 0.349 e. The summed E-state index contributed by atoms with van der Waals surface area (Å²) in [6.07, 6.45) is 1.62. The molecule has 2 aromatic rings. The molecule has 2 atom stereocenters. The first-order valence-corrected chi connectivity index (χ1v) is 9.46. The molecule has 1 saturated heterocycles. The number of aliphatic hydroxyl groups excluding tert-OH is 1. The van der Waals surface area contributed by atoms with Crippen LogP contribution in [0.15, 0.2) is 39.5 Å². The van der Waals surface area contributed by atoms with E-state index in [0.29, 0.717) is 17.7 Å². The first-order valence-electron chi connectivity index (χ1n) is 9.46. The second-order valence-electron chi connectivity index (χ2n) is 7.44. The molecule has 0 radical (unpaired) electrons. The van der Waals surface area contributed by atoms with E-state index in [0.717, 1.165) is 37.1 Å². The van der Waals surface area contributed by atoms with Gasteiger partial charge in [-0.3, -0.25) is 4.79 Å². The van der Waals surface area contributed by atoms with Gasteiger partial charge in [0.2, 0.25) is 0 Å². The Morgan fingerprint density at radius 2 is 2.00 bits per heavy atom. The highest BCUT2D eigenvalue weighted by Crippen LogP contribution is 2.31. The van der Waals surface area contributed by atoms with Crippen LogP contribution in [0.3, 0.4) is 0 Å². The van der Waals surface area contributed by atoms with E-state index in [9.17, 15) is 14.7 Å². The second-order valence-corrected chi connectivity index (χ2v) is 7.44. The summed E-state index contributed by atoms with van der Waals surface area (Å²) < 4.78 is 5.50. The fourth-order valence-corrected chi connectivity index (χ4v) is 4.17. The molecule has 2 heterocycles. The molecule has 1 aliphatic carbocycles. The van der Waals surface area contributed by atoms with Gasteiger partial charge in [-0.25, -0.2) is 4.79 Å². The summed E-state index contributed by atoms with van der Waals surface area (Å²) in [7, 11) is 0. The van der Waals surface area contributed by atoms with Crippen LogP contribution in [0, 0.1) is 6.92 Å². The third-order valence-corrected chi connectivity index (χ3v) is 5.63. The minimum atomic E-state index is -0.701. The molecule has 0 spiro atoms. The number of carbonyl (C=O) groups is 1. The van der Waals surface area contributed by atoms with Crippen molar-refractivity contribution in [2.75, 3.05) is 13.1 Å². The Morgan fingerprint density at radius 1 is 1.26 bits per heavy atom. The monoisotopic (exact) mass is 368 g/mol. The van der Waals surface area contributed by atoms with Crippen molar-refractivity contribution in [3.05, 3.63) is 68.8 Å². The fraction of sp³-hybridized carbons (Fsp3) is 0.429. The summed E-state index contributed by atoms with van der Waals surface area (Å²) in [4.78, 5) is 25.3. The zero-order valence-electron chi connectivity index (χ0n) is 15.3. The number of aliphatic hydroxyl groups is 1. The standard InChI is InChI=1S/C21H24N2O4/c1-12-10-17(13-6-8-22-9-7-13)27-21(26)18(12)20(25)23-19-15-5-3-2-4-14(15)11-16(19)24/h2-5,10,13,16,19,22,24H,6-9,11H2,1H3,(H,23,25)/t16-,19+/m0/s1. The first-order chi connectivity index (χ1) is 13.0. The predicted molar refractivity (Wildman–Crippen MR) is 101 cm³/mol. The van der Waals surface area contributed by atoms with E-state index in [4.69, 9.17) is 4.42 Å². The normalized spacial score (nSPS) is 22.4. The molecular formula is C21H24N2O4. The molecule has 1 aliphatic heterocycles. The quantitative estimate of drug-likeness (QED) is 0.768. The van der Waals surface area contributed by atoms with Gasteiger partial charge in [-0.05, 0) is 55.6 Å². The van der Waals surface area contributed by atoms with Gasteiger partial charge in [0.15, 0.2) is 0 Å². The molecule has 4 rings (SSSR count). The highest BCUT2D eigenvalue weighted by Gasteiger charge is 2.33. The number of hydrogen-bond acceptors (Lipinski definition) is 5. The van der Waals surface area contributed by atoms with Crippen molar-refractivity contribution < 1.29 is 14.3 Å². The highest BCUT2D eigenvalue weighted by molar-refractivity contribution is 5.95. The molecule has 0 saturated carbocycles. The summed E-state index contributed by atoms with van der Waals surface area (Å²) in [6, 6.07) is 8.92. The molecule has 1 fully saturated rings. The van der Waals surface area contributed by atoms with Crippen molar-refractivity contribution in [2.45, 2.75) is 44.2 Å². The van der Waals surface area contributed by atoms with Crippen LogP contribution < -0.4 is 16.3 Å². The largest absolute Gasteiger partial charge is 0.427 e. The van der Waals surface area contributed by atoms with Gasteiger partial charge in [-0.2, -0.15) is 0 Å². The Hall–Kier alpha value is -2.44. The van der Waals surface area contributed by atoms with Gasteiger partial charge in [0, 0.05) is 12.3 Å². The summed E-state index contributed by atoms with van der Waals surface area (Å²) in [5.74, 6) is 0.360. The van der Waals surface area contributed by atoms with Gasteiger partial charge in [-0.1, -0.05) is 24.3 Å². The van der Waals surface area contributed by atoms with Gasteiger partial charge in [0.1, 0.15) is 11.3 Å². The summed E-state index contributed by atoms with van der Waals surface area (Å²) >= 11 is 0. The summed E-state index contributed by atoms with van der Waals surface area (Å²) in [6.45, 7) is 3.55. The molecule has 6 heteroatoms. The van der Waals surface area contributed by atoms with Gasteiger partial charge < -0.3 is 20.2 Å². The molecule has 3 N–H and O–H groups in total. The Kier molecular flexibility index (Phi) is 4.85. The minimum absolute atomic E-state index is 0.0178. The maximum absolute atomic E-state index is 12.8. The van der Waals surface area contributed by atoms with Crippen molar-refractivity contribution in [1.29, 1.82) is 0 Å². The van der Waals surface area contributed by atoms with Crippen molar-refractivity contribution in [3.8, 4) is 0 Å². The smallest absolute Gasteiger partial charge is 0.349 e. The summed E-state index contributed by atoms with van der Waals surface area (Å²) in [5, 5.41) is 16.4. The number of benzene rings is 1. The van der Waals surface area contributed by atoms with E-state index >= 15 is 0 Å². The van der Waals surface area contributed by atoms with Crippen LogP contribution in [-0.2, 0) is 6.42 Å². The van der Waals surface area contributed by atoms with E-state index in [1.54, 1.807) is 6.92 Å². The van der Waals surface area contributed by atoms with Crippen molar-refractivity contribution in [3.63, 3.8) is 0 Å². The number of amides is 1. The zero-order valence-corrected chi connectivity index (χ0v) is 15.3. The SMILES string of the molecule is Cc1cc(C2CCNCC2)oc(=O)c1C(=O)N[C@@H]1c2ccccc2C[C@@H]1O. The van der Waals surface area contributed by atoms with E-state index in [2.05, 4.69) is 10.6 Å². The Labute approximate surface area is 157 Å². The minimum Gasteiger partial charge on any atom is -0.427 e. The topological polar surface area (TPSA) is 91.6 Å². The Morgan fingerprint density at radius 3 is 2.74 bits per heavy atom. The molecular weight excluding hydrogens is 344 g/mol. The lowest BCUT2D eigenvalue weighted by Crippen LogP contribution is -2.37.